The Hall–Kier alpha value is -0.820. The van der Waals surface area contributed by atoms with Crippen molar-refractivity contribution in [2.75, 3.05) is 0 Å². The zero-order chi connectivity index (χ0) is 18.8. The quantitative estimate of drug-likeness (QED) is 0.415. The topological polar surface area (TPSA) is 80.3 Å². The molecule has 4 nitrogen and oxygen atoms in total. The second-order valence-electron chi connectivity index (χ2n) is 5.53. The molecule has 0 aliphatic heterocycles. The number of halogens is 2. The van der Waals surface area contributed by atoms with Crippen LogP contribution in [-0.2, 0) is 0 Å². The number of hydrogen-bond donors (Lipinski definition) is 0. The Morgan fingerprint density at radius 3 is 1.21 bits per heavy atom. The molecule has 0 aliphatic rings. The maximum Gasteiger partial charge on any atom is 1.00 e. The molecular formula is C20H10Cl2Na2O4. The van der Waals surface area contributed by atoms with Crippen molar-refractivity contribution in [3.05, 3.63) is 81.8 Å². The molecule has 0 bridgehead atoms. The van der Waals surface area contributed by atoms with Gasteiger partial charge in [-0.1, -0.05) is 47.5 Å². The Bertz CT molecular complexity index is 925. The SMILES string of the molecule is O=C([O-])c1cc(C(=O)[O-])c(-c2ccc(Cl)cc2)cc1-c1ccc(Cl)cc1.[Na+].[Na+]. The molecule has 0 saturated carbocycles. The average molecular weight is 431 g/mol. The summed E-state index contributed by atoms with van der Waals surface area (Å²) in [7, 11) is 0. The Balaban J connectivity index is 0.00000196. The molecule has 3 rings (SSSR count). The van der Waals surface area contributed by atoms with E-state index in [1.165, 1.54) is 6.07 Å². The third kappa shape index (κ3) is 5.62. The van der Waals surface area contributed by atoms with E-state index >= 15 is 0 Å². The van der Waals surface area contributed by atoms with Gasteiger partial charge in [0.2, 0.25) is 0 Å². The van der Waals surface area contributed by atoms with E-state index in [0.29, 0.717) is 32.3 Å². The van der Waals surface area contributed by atoms with Crippen LogP contribution in [0.3, 0.4) is 0 Å². The molecule has 28 heavy (non-hydrogen) atoms. The first-order valence-corrected chi connectivity index (χ1v) is 8.25. The maximum atomic E-state index is 11.6. The van der Waals surface area contributed by atoms with Crippen LogP contribution in [0.2, 0.25) is 10.0 Å². The predicted octanol–water partition coefficient (Wildman–Crippen LogP) is -2.94. The van der Waals surface area contributed by atoms with Gasteiger partial charge in [-0.15, -0.1) is 0 Å². The van der Waals surface area contributed by atoms with Gasteiger partial charge < -0.3 is 19.8 Å². The molecule has 130 valence electrons. The van der Waals surface area contributed by atoms with Gasteiger partial charge in [0.05, 0.1) is 11.9 Å². The molecule has 0 aromatic heterocycles. The van der Waals surface area contributed by atoms with Crippen molar-refractivity contribution in [1.82, 2.24) is 0 Å². The van der Waals surface area contributed by atoms with Crippen LogP contribution in [-0.4, -0.2) is 11.9 Å². The van der Waals surface area contributed by atoms with Gasteiger partial charge in [0, 0.05) is 21.2 Å². The van der Waals surface area contributed by atoms with Gasteiger partial charge in [0.25, 0.3) is 0 Å². The third-order valence-corrected chi connectivity index (χ3v) is 4.41. The van der Waals surface area contributed by atoms with Crippen molar-refractivity contribution in [2.24, 2.45) is 0 Å². The molecule has 0 unspecified atom stereocenters. The number of benzene rings is 3. The molecule has 0 atom stereocenters. The number of rotatable bonds is 4. The summed E-state index contributed by atoms with van der Waals surface area (Å²) >= 11 is 11.8. The Morgan fingerprint density at radius 2 is 0.929 bits per heavy atom. The summed E-state index contributed by atoms with van der Waals surface area (Å²) in [6, 6.07) is 15.6. The molecular weight excluding hydrogens is 421 g/mol. The zero-order valence-electron chi connectivity index (χ0n) is 15.2. The van der Waals surface area contributed by atoms with Crippen molar-refractivity contribution in [3.63, 3.8) is 0 Å². The first-order chi connectivity index (χ1) is 12.4. The van der Waals surface area contributed by atoms with E-state index in [1.54, 1.807) is 48.5 Å². The van der Waals surface area contributed by atoms with Crippen LogP contribution in [0.15, 0.2) is 60.7 Å². The van der Waals surface area contributed by atoms with Gasteiger partial charge >= 0.3 is 59.1 Å². The fourth-order valence-corrected chi connectivity index (χ4v) is 2.93. The van der Waals surface area contributed by atoms with Crippen molar-refractivity contribution >= 4 is 35.1 Å². The number of carbonyl (C=O) groups is 2. The van der Waals surface area contributed by atoms with Gasteiger partial charge in [-0.2, -0.15) is 0 Å². The van der Waals surface area contributed by atoms with Crippen molar-refractivity contribution in [2.45, 2.75) is 0 Å². The molecule has 0 spiro atoms. The van der Waals surface area contributed by atoms with Crippen LogP contribution in [0.25, 0.3) is 22.3 Å². The van der Waals surface area contributed by atoms with Gasteiger partial charge in [-0.3, -0.25) is 0 Å². The van der Waals surface area contributed by atoms with Crippen molar-refractivity contribution in [3.8, 4) is 22.3 Å². The molecule has 0 heterocycles. The van der Waals surface area contributed by atoms with E-state index in [-0.39, 0.29) is 70.2 Å². The predicted molar refractivity (Wildman–Crippen MR) is 96.0 cm³/mol. The molecule has 0 fully saturated rings. The molecule has 3 aromatic carbocycles. The largest absolute Gasteiger partial charge is 1.00 e. The van der Waals surface area contributed by atoms with E-state index in [2.05, 4.69) is 0 Å². The molecule has 3 aromatic rings. The average Bonchev–Trinajstić information content (AvgIpc) is 2.62. The van der Waals surface area contributed by atoms with Gasteiger partial charge in [0.15, 0.2) is 0 Å². The second kappa shape index (κ2) is 10.8. The number of aromatic carboxylic acids is 2. The van der Waals surface area contributed by atoms with Crippen molar-refractivity contribution in [1.29, 1.82) is 0 Å². The molecule has 0 N–H and O–H groups in total. The fourth-order valence-electron chi connectivity index (χ4n) is 2.67. The summed E-state index contributed by atoms with van der Waals surface area (Å²) in [5.74, 6) is -2.97. The van der Waals surface area contributed by atoms with E-state index in [4.69, 9.17) is 23.2 Å². The minimum absolute atomic E-state index is 0. The third-order valence-electron chi connectivity index (χ3n) is 3.91. The van der Waals surface area contributed by atoms with Crippen molar-refractivity contribution < 1.29 is 78.9 Å². The number of carboxylic acids is 2. The molecule has 0 aliphatic carbocycles. The summed E-state index contributed by atoms with van der Waals surface area (Å²) in [5, 5.41) is 24.1. The standard InChI is InChI=1S/C20H12Cl2O4.2Na/c21-13-5-1-11(2-6-13)15-9-16(12-3-7-14(22)8-4-12)18(20(25)26)10-17(15)19(23)24;;/h1-10H,(H,23,24)(H,25,26);;/q;2*+1/p-2. The van der Waals surface area contributed by atoms with E-state index in [1.807, 2.05) is 0 Å². The monoisotopic (exact) mass is 430 g/mol. The molecule has 0 amide bonds. The summed E-state index contributed by atoms with van der Waals surface area (Å²) < 4.78 is 0. The van der Waals surface area contributed by atoms with Gasteiger partial charge in [0.1, 0.15) is 0 Å². The number of carboxylic acid groups (broad SMARTS) is 2. The minimum Gasteiger partial charge on any atom is -0.545 e. The van der Waals surface area contributed by atoms with Crippen LogP contribution >= 0.6 is 23.2 Å². The van der Waals surface area contributed by atoms with Gasteiger partial charge in [-0.05, 0) is 58.7 Å². The normalized spacial score (nSPS) is 9.79. The van der Waals surface area contributed by atoms with Crippen LogP contribution in [0, 0.1) is 0 Å². The van der Waals surface area contributed by atoms with E-state index in [9.17, 15) is 19.8 Å². The molecule has 0 radical (unpaired) electrons. The first-order valence-electron chi connectivity index (χ1n) is 7.49. The smallest absolute Gasteiger partial charge is 0.545 e. The summed E-state index contributed by atoms with van der Waals surface area (Å²) in [5.41, 5.74) is 1.27. The fraction of sp³-hybridized carbons (Fsp3) is 0. The summed E-state index contributed by atoms with van der Waals surface area (Å²) in [6.07, 6.45) is 0. The number of hydrogen-bond acceptors (Lipinski definition) is 4. The van der Waals surface area contributed by atoms with E-state index < -0.39 is 11.9 Å². The maximum absolute atomic E-state index is 11.6. The summed E-state index contributed by atoms with van der Waals surface area (Å²) in [6.45, 7) is 0. The summed E-state index contributed by atoms with van der Waals surface area (Å²) in [4.78, 5) is 23.1. The Kier molecular flexibility index (Phi) is 9.74. The Morgan fingerprint density at radius 1 is 0.607 bits per heavy atom. The van der Waals surface area contributed by atoms with Crippen LogP contribution in [0.5, 0.6) is 0 Å². The van der Waals surface area contributed by atoms with E-state index in [0.717, 1.165) is 6.07 Å². The van der Waals surface area contributed by atoms with Crippen LogP contribution in [0.1, 0.15) is 20.7 Å². The minimum atomic E-state index is -1.49. The van der Waals surface area contributed by atoms with Gasteiger partial charge in [-0.25, -0.2) is 0 Å². The molecule has 8 heteroatoms. The second-order valence-corrected chi connectivity index (χ2v) is 6.40. The number of carbonyl (C=O) groups excluding carboxylic acids is 2. The zero-order valence-corrected chi connectivity index (χ0v) is 20.7. The van der Waals surface area contributed by atoms with Crippen LogP contribution < -0.4 is 69.3 Å². The first kappa shape index (κ1) is 25.2. The molecule has 0 saturated heterocycles. The van der Waals surface area contributed by atoms with Crippen LogP contribution in [0.4, 0.5) is 0 Å². The Labute approximate surface area is 216 Å².